The monoisotopic (exact) mass is 203 g/mol. The first-order valence-electron chi connectivity index (χ1n) is 6.09. The van der Waals surface area contributed by atoms with Crippen molar-refractivity contribution in [2.24, 2.45) is 0 Å². The largest absolute Gasteiger partial charge is 0.361 e. The summed E-state index contributed by atoms with van der Waals surface area (Å²) in [6.07, 6.45) is 3.84. The van der Waals surface area contributed by atoms with Crippen LogP contribution in [0.25, 0.3) is 10.9 Å². The van der Waals surface area contributed by atoms with Gasteiger partial charge in [0, 0.05) is 18.5 Å². The zero-order valence-electron chi connectivity index (χ0n) is 10.1. The first-order chi connectivity index (χ1) is 7.81. The predicted molar refractivity (Wildman–Crippen MR) is 65.2 cm³/mol. The minimum atomic E-state index is -0.209. The Hall–Kier alpha value is -1.28. The van der Waals surface area contributed by atoms with E-state index in [-0.39, 0.29) is 6.52 Å². The molecule has 1 atom stereocenters. The van der Waals surface area contributed by atoms with Crippen molar-refractivity contribution in [2.75, 3.05) is 13.1 Å². The van der Waals surface area contributed by atoms with Gasteiger partial charge in [0.05, 0.1) is 0 Å². The van der Waals surface area contributed by atoms with Crippen molar-refractivity contribution < 1.29 is 1.37 Å². The normalized spacial score (nSPS) is 14.1. The lowest BCUT2D eigenvalue weighted by atomic mass is 10.1. The molecule has 1 unspecified atom stereocenters. The standard InChI is InChI=1S/C13H18N2/c1-2-8-14-9-7-11-10-15-13-6-4-3-5-12(11)13/h3-6,10,14-15H,2,7-9H2,1H3/i9D. The zero-order valence-corrected chi connectivity index (χ0v) is 9.09. The van der Waals surface area contributed by atoms with E-state index in [4.69, 9.17) is 1.37 Å². The first kappa shape index (κ1) is 8.98. The highest BCUT2D eigenvalue weighted by Gasteiger charge is 2.01. The van der Waals surface area contributed by atoms with Crippen molar-refractivity contribution in [3.05, 3.63) is 36.0 Å². The van der Waals surface area contributed by atoms with Gasteiger partial charge in [-0.1, -0.05) is 25.1 Å². The van der Waals surface area contributed by atoms with Gasteiger partial charge in [0.2, 0.25) is 0 Å². The SMILES string of the molecule is [2H]C(Cc1c[nH]c2ccccc12)NCCC. The lowest BCUT2D eigenvalue weighted by Gasteiger charge is -2.01. The van der Waals surface area contributed by atoms with Crippen LogP contribution in [0.4, 0.5) is 0 Å². The highest BCUT2D eigenvalue weighted by Crippen LogP contribution is 2.17. The van der Waals surface area contributed by atoms with Gasteiger partial charge >= 0.3 is 0 Å². The third-order valence-electron chi connectivity index (χ3n) is 2.54. The van der Waals surface area contributed by atoms with Gasteiger partial charge in [0.25, 0.3) is 0 Å². The number of H-pyrrole nitrogens is 1. The number of nitrogens with one attached hydrogen (secondary N) is 2. The second-order valence-corrected chi connectivity index (χ2v) is 3.72. The third-order valence-corrected chi connectivity index (χ3v) is 2.54. The van der Waals surface area contributed by atoms with Gasteiger partial charge in [-0.2, -0.15) is 0 Å². The number of para-hydroxylation sites is 1. The molecule has 0 aliphatic heterocycles. The van der Waals surface area contributed by atoms with Crippen LogP contribution in [0, 0.1) is 0 Å². The van der Waals surface area contributed by atoms with Crippen molar-refractivity contribution in [1.82, 2.24) is 10.3 Å². The fraction of sp³-hybridized carbons (Fsp3) is 0.385. The number of rotatable bonds is 5. The lowest BCUT2D eigenvalue weighted by molar-refractivity contribution is 0.672. The molecule has 1 aromatic carbocycles. The summed E-state index contributed by atoms with van der Waals surface area (Å²) in [6, 6.07) is 8.24. The van der Waals surface area contributed by atoms with E-state index < -0.39 is 0 Å². The number of aromatic nitrogens is 1. The first-order valence-corrected chi connectivity index (χ1v) is 5.52. The maximum absolute atomic E-state index is 7.90. The Kier molecular flexibility index (Phi) is 2.99. The molecule has 0 amide bonds. The molecule has 0 radical (unpaired) electrons. The molecule has 2 N–H and O–H groups in total. The molecule has 1 heterocycles. The number of fused-ring (bicyclic) bond motifs is 1. The maximum Gasteiger partial charge on any atom is 0.0456 e. The Balaban J connectivity index is 2.09. The van der Waals surface area contributed by atoms with Crippen LogP contribution in [0.1, 0.15) is 20.3 Å². The summed E-state index contributed by atoms with van der Waals surface area (Å²) in [5.74, 6) is 0. The van der Waals surface area contributed by atoms with Crippen molar-refractivity contribution in [3.8, 4) is 0 Å². The summed E-state index contributed by atoms with van der Waals surface area (Å²) in [5.41, 5.74) is 2.37. The van der Waals surface area contributed by atoms with Gasteiger partial charge in [0.15, 0.2) is 0 Å². The quantitative estimate of drug-likeness (QED) is 0.768. The highest BCUT2D eigenvalue weighted by atomic mass is 14.8. The van der Waals surface area contributed by atoms with Gasteiger partial charge in [-0.25, -0.2) is 0 Å². The summed E-state index contributed by atoms with van der Waals surface area (Å²) in [4.78, 5) is 3.24. The Bertz CT molecular complexity index is 450. The Morgan fingerprint density at radius 2 is 2.27 bits per heavy atom. The van der Waals surface area contributed by atoms with E-state index in [1.54, 1.807) is 0 Å². The average Bonchev–Trinajstić information content (AvgIpc) is 2.70. The molecule has 0 fully saturated rings. The molecule has 0 bridgehead atoms. The topological polar surface area (TPSA) is 27.8 Å². The number of aryl methyl sites for hydroxylation is 1. The molecule has 2 rings (SSSR count). The summed E-state index contributed by atoms with van der Waals surface area (Å²) >= 11 is 0. The smallest absolute Gasteiger partial charge is 0.0456 e. The van der Waals surface area contributed by atoms with Crippen LogP contribution in [0.15, 0.2) is 30.5 Å². The molecule has 2 aromatic rings. The number of hydrogen-bond donors (Lipinski definition) is 2. The van der Waals surface area contributed by atoms with E-state index in [0.29, 0.717) is 0 Å². The van der Waals surface area contributed by atoms with E-state index in [1.807, 2.05) is 18.3 Å². The molecule has 1 aromatic heterocycles. The van der Waals surface area contributed by atoms with E-state index in [9.17, 15) is 0 Å². The fourth-order valence-corrected chi connectivity index (χ4v) is 1.73. The molecule has 80 valence electrons. The fourth-order valence-electron chi connectivity index (χ4n) is 1.73. The summed E-state index contributed by atoms with van der Waals surface area (Å²) < 4.78 is 7.90. The molecule has 0 saturated heterocycles. The summed E-state index contributed by atoms with van der Waals surface area (Å²) in [7, 11) is 0. The van der Waals surface area contributed by atoms with Crippen LogP contribution >= 0.6 is 0 Å². The van der Waals surface area contributed by atoms with Gasteiger partial charge in [-0.3, -0.25) is 0 Å². The van der Waals surface area contributed by atoms with Crippen molar-refractivity contribution in [2.45, 2.75) is 19.8 Å². The van der Waals surface area contributed by atoms with E-state index in [2.05, 4.69) is 29.4 Å². The molecular formula is C13H18N2. The number of hydrogen-bond acceptors (Lipinski definition) is 1. The second kappa shape index (κ2) is 4.99. The second-order valence-electron chi connectivity index (χ2n) is 3.72. The van der Waals surface area contributed by atoms with Crippen LogP contribution in [0.2, 0.25) is 0 Å². The van der Waals surface area contributed by atoms with Crippen LogP contribution in [-0.4, -0.2) is 18.0 Å². The van der Waals surface area contributed by atoms with Gasteiger partial charge in [0.1, 0.15) is 0 Å². The maximum atomic E-state index is 7.90. The molecule has 0 saturated carbocycles. The van der Waals surface area contributed by atoms with Crippen LogP contribution in [0.5, 0.6) is 0 Å². The Morgan fingerprint density at radius 3 is 3.13 bits per heavy atom. The minimum absolute atomic E-state index is 0.209. The molecule has 0 aliphatic carbocycles. The van der Waals surface area contributed by atoms with Crippen LogP contribution < -0.4 is 5.32 Å². The molecular weight excluding hydrogens is 184 g/mol. The van der Waals surface area contributed by atoms with Gasteiger partial charge < -0.3 is 10.3 Å². The Labute approximate surface area is 92.1 Å². The Morgan fingerprint density at radius 1 is 1.40 bits per heavy atom. The molecule has 2 nitrogen and oxygen atoms in total. The van der Waals surface area contributed by atoms with Gasteiger partial charge in [-0.05, 0) is 37.5 Å². The molecule has 0 spiro atoms. The van der Waals surface area contributed by atoms with E-state index in [1.165, 1.54) is 10.9 Å². The van der Waals surface area contributed by atoms with Crippen molar-refractivity contribution in [3.63, 3.8) is 0 Å². The van der Waals surface area contributed by atoms with Gasteiger partial charge in [-0.15, -0.1) is 0 Å². The average molecular weight is 203 g/mol. The molecule has 2 heteroatoms. The number of benzene rings is 1. The zero-order chi connectivity index (χ0) is 11.4. The van der Waals surface area contributed by atoms with Crippen molar-refractivity contribution in [1.29, 1.82) is 0 Å². The summed E-state index contributed by atoms with van der Waals surface area (Å²) in [6.45, 7) is 2.82. The van der Waals surface area contributed by atoms with E-state index in [0.717, 1.165) is 24.9 Å². The number of aromatic amines is 1. The molecule has 15 heavy (non-hydrogen) atoms. The molecule has 0 aliphatic rings. The highest BCUT2D eigenvalue weighted by molar-refractivity contribution is 5.83. The van der Waals surface area contributed by atoms with E-state index >= 15 is 0 Å². The lowest BCUT2D eigenvalue weighted by Crippen LogP contribution is -2.17. The third kappa shape index (κ3) is 2.39. The van der Waals surface area contributed by atoms with Crippen molar-refractivity contribution >= 4 is 10.9 Å². The van der Waals surface area contributed by atoms with Crippen LogP contribution in [-0.2, 0) is 6.42 Å². The predicted octanol–water partition coefficient (Wildman–Crippen LogP) is 2.71. The summed E-state index contributed by atoms with van der Waals surface area (Å²) in [5, 5.41) is 4.42. The minimum Gasteiger partial charge on any atom is -0.361 e. The van der Waals surface area contributed by atoms with Crippen LogP contribution in [0.3, 0.4) is 0 Å².